The van der Waals surface area contributed by atoms with Crippen molar-refractivity contribution in [3.05, 3.63) is 48.3 Å². The smallest absolute Gasteiger partial charge is 0.205 e. The monoisotopic (exact) mass is 353 g/mol. The first kappa shape index (κ1) is 17.0. The lowest BCUT2D eigenvalue weighted by Gasteiger charge is -2.26. The fourth-order valence-corrected chi connectivity index (χ4v) is 3.20. The molecule has 7 nitrogen and oxygen atoms in total. The van der Waals surface area contributed by atoms with E-state index in [1.54, 1.807) is 12.5 Å². The molecule has 0 amide bonds. The normalized spacial score (nSPS) is 16.5. The summed E-state index contributed by atoms with van der Waals surface area (Å²) in [6.07, 6.45) is 6.17. The standard InChI is InChI=1S/C17H17N7.H2S/c1-18-12-3-4-15(20-9-12)23(2)13-6-8-24(10-13)17-14-5-7-19-16(14)21-11-22-17;/h3-5,7,9,11,13H,6,8,10H2,2H3,(H,19,21,22);1H2/t13-;/m0./s1. The Kier molecular flexibility index (Phi) is 4.76. The number of H-pyrrole nitrogens is 1. The maximum Gasteiger partial charge on any atom is 0.205 e. The van der Waals surface area contributed by atoms with Crippen molar-refractivity contribution in [2.75, 3.05) is 29.9 Å². The third-order valence-electron chi connectivity index (χ3n) is 4.57. The van der Waals surface area contributed by atoms with Crippen LogP contribution in [0.4, 0.5) is 17.3 Å². The molecular formula is C17H19N7S. The van der Waals surface area contributed by atoms with Crippen molar-refractivity contribution < 1.29 is 0 Å². The summed E-state index contributed by atoms with van der Waals surface area (Å²) in [6.45, 7) is 8.85. The van der Waals surface area contributed by atoms with E-state index in [0.717, 1.165) is 42.2 Å². The molecule has 1 atom stereocenters. The SMILES string of the molecule is S.[C-]#[N+]c1ccc(N(C)[C@H]2CCN(c3ncnc4[nH]ccc34)C2)nc1. The van der Waals surface area contributed by atoms with Crippen LogP contribution in [0.3, 0.4) is 0 Å². The maximum atomic E-state index is 7.01. The second kappa shape index (κ2) is 6.99. The van der Waals surface area contributed by atoms with Crippen LogP contribution in [0.25, 0.3) is 15.9 Å². The highest BCUT2D eigenvalue weighted by Crippen LogP contribution is 2.28. The molecule has 1 N–H and O–H groups in total. The van der Waals surface area contributed by atoms with Crippen LogP contribution in [0.2, 0.25) is 0 Å². The molecule has 1 aliphatic heterocycles. The Morgan fingerprint density at radius 2 is 2.16 bits per heavy atom. The molecule has 25 heavy (non-hydrogen) atoms. The second-order valence-electron chi connectivity index (χ2n) is 5.92. The van der Waals surface area contributed by atoms with Gasteiger partial charge in [0.15, 0.2) is 0 Å². The van der Waals surface area contributed by atoms with Gasteiger partial charge in [-0.2, -0.15) is 13.5 Å². The molecule has 0 bridgehead atoms. The average molecular weight is 353 g/mol. The molecule has 1 saturated heterocycles. The van der Waals surface area contributed by atoms with Gasteiger partial charge in [0.25, 0.3) is 0 Å². The molecule has 0 unspecified atom stereocenters. The van der Waals surface area contributed by atoms with E-state index in [9.17, 15) is 0 Å². The van der Waals surface area contributed by atoms with Gasteiger partial charge < -0.3 is 14.8 Å². The molecule has 3 aromatic heterocycles. The Balaban J connectivity index is 0.00000182. The van der Waals surface area contributed by atoms with E-state index in [1.807, 2.05) is 24.4 Å². The Morgan fingerprint density at radius 3 is 2.92 bits per heavy atom. The van der Waals surface area contributed by atoms with Crippen molar-refractivity contribution in [3.8, 4) is 0 Å². The highest BCUT2D eigenvalue weighted by molar-refractivity contribution is 7.59. The minimum atomic E-state index is 0. The Hall–Kier alpha value is -2.79. The fraction of sp³-hybridized carbons (Fsp3) is 0.294. The van der Waals surface area contributed by atoms with E-state index in [0.29, 0.717) is 11.7 Å². The summed E-state index contributed by atoms with van der Waals surface area (Å²) < 4.78 is 0. The molecule has 0 aromatic carbocycles. The van der Waals surface area contributed by atoms with Crippen molar-refractivity contribution >= 4 is 41.9 Å². The van der Waals surface area contributed by atoms with Gasteiger partial charge in [-0.3, -0.25) is 4.98 Å². The Labute approximate surface area is 153 Å². The lowest BCUT2D eigenvalue weighted by Crippen LogP contribution is -2.35. The quantitative estimate of drug-likeness (QED) is 0.734. The van der Waals surface area contributed by atoms with Crippen LogP contribution in [-0.4, -0.2) is 46.1 Å². The van der Waals surface area contributed by atoms with E-state index in [2.05, 4.69) is 41.6 Å². The summed E-state index contributed by atoms with van der Waals surface area (Å²) >= 11 is 0. The molecule has 4 rings (SSSR count). The van der Waals surface area contributed by atoms with Gasteiger partial charge in [-0.1, -0.05) is 6.07 Å². The number of hydrogen-bond donors (Lipinski definition) is 1. The van der Waals surface area contributed by atoms with Crippen LogP contribution in [0, 0.1) is 6.57 Å². The van der Waals surface area contributed by atoms with Crippen LogP contribution in [0.1, 0.15) is 6.42 Å². The van der Waals surface area contributed by atoms with Crippen molar-refractivity contribution in [2.45, 2.75) is 12.5 Å². The molecule has 1 aliphatic rings. The van der Waals surface area contributed by atoms with E-state index >= 15 is 0 Å². The predicted octanol–water partition coefficient (Wildman–Crippen LogP) is 2.73. The van der Waals surface area contributed by atoms with E-state index in [-0.39, 0.29) is 13.5 Å². The fourth-order valence-electron chi connectivity index (χ4n) is 3.20. The number of nitrogens with zero attached hydrogens (tertiary/aromatic N) is 6. The molecule has 0 aliphatic carbocycles. The lowest BCUT2D eigenvalue weighted by atomic mass is 10.2. The summed E-state index contributed by atoms with van der Waals surface area (Å²) in [5, 5.41) is 1.06. The Morgan fingerprint density at radius 1 is 1.28 bits per heavy atom. The van der Waals surface area contributed by atoms with Crippen LogP contribution >= 0.6 is 13.5 Å². The Bertz CT molecular complexity index is 899. The molecule has 3 aromatic rings. The number of likely N-dealkylation sites (N-methyl/N-ethyl adjacent to an activating group) is 1. The summed E-state index contributed by atoms with van der Waals surface area (Å²) in [6, 6.07) is 6.10. The van der Waals surface area contributed by atoms with Gasteiger partial charge in [-0.05, 0) is 18.6 Å². The van der Waals surface area contributed by atoms with Crippen LogP contribution in [0.15, 0.2) is 36.9 Å². The highest BCUT2D eigenvalue weighted by atomic mass is 32.1. The van der Waals surface area contributed by atoms with E-state index < -0.39 is 0 Å². The molecule has 0 saturated carbocycles. The van der Waals surface area contributed by atoms with Crippen molar-refractivity contribution in [1.29, 1.82) is 0 Å². The second-order valence-corrected chi connectivity index (χ2v) is 5.92. The first-order valence-corrected chi connectivity index (χ1v) is 7.85. The molecular weight excluding hydrogens is 334 g/mol. The number of hydrogen-bond acceptors (Lipinski definition) is 5. The lowest BCUT2D eigenvalue weighted by molar-refractivity contribution is 0.684. The van der Waals surface area contributed by atoms with Crippen molar-refractivity contribution in [3.63, 3.8) is 0 Å². The van der Waals surface area contributed by atoms with Crippen LogP contribution < -0.4 is 9.80 Å². The van der Waals surface area contributed by atoms with Crippen LogP contribution in [0.5, 0.6) is 0 Å². The number of aromatic nitrogens is 4. The number of pyridine rings is 1. The summed E-state index contributed by atoms with van der Waals surface area (Å²) in [7, 11) is 2.06. The number of aromatic amines is 1. The van der Waals surface area contributed by atoms with Crippen molar-refractivity contribution in [1.82, 2.24) is 19.9 Å². The minimum absolute atomic E-state index is 0. The minimum Gasteiger partial charge on any atom is -0.355 e. The first-order chi connectivity index (χ1) is 11.8. The predicted molar refractivity (Wildman–Crippen MR) is 104 cm³/mol. The zero-order valence-corrected chi connectivity index (χ0v) is 14.8. The molecule has 128 valence electrons. The van der Waals surface area contributed by atoms with E-state index in [1.165, 1.54) is 0 Å². The number of rotatable bonds is 3. The number of nitrogens with one attached hydrogen (secondary N) is 1. The zero-order chi connectivity index (χ0) is 16.5. The molecule has 0 radical (unpaired) electrons. The summed E-state index contributed by atoms with van der Waals surface area (Å²) in [5.41, 5.74) is 1.43. The van der Waals surface area contributed by atoms with Crippen LogP contribution in [-0.2, 0) is 0 Å². The molecule has 4 heterocycles. The van der Waals surface area contributed by atoms with Gasteiger partial charge in [0.1, 0.15) is 23.6 Å². The molecule has 8 heteroatoms. The third-order valence-corrected chi connectivity index (χ3v) is 4.57. The molecule has 0 spiro atoms. The van der Waals surface area contributed by atoms with Gasteiger partial charge in [0, 0.05) is 38.6 Å². The van der Waals surface area contributed by atoms with Gasteiger partial charge in [-0.25, -0.2) is 14.8 Å². The zero-order valence-electron chi connectivity index (χ0n) is 13.8. The molecule has 1 fully saturated rings. The maximum absolute atomic E-state index is 7.01. The topological polar surface area (TPSA) is 65.3 Å². The van der Waals surface area contributed by atoms with Gasteiger partial charge >= 0.3 is 0 Å². The number of anilines is 2. The van der Waals surface area contributed by atoms with Gasteiger partial charge in [-0.15, -0.1) is 0 Å². The van der Waals surface area contributed by atoms with Gasteiger partial charge in [0.05, 0.1) is 12.0 Å². The largest absolute Gasteiger partial charge is 0.355 e. The summed E-state index contributed by atoms with van der Waals surface area (Å²) in [4.78, 5) is 24.1. The first-order valence-electron chi connectivity index (χ1n) is 7.85. The summed E-state index contributed by atoms with van der Waals surface area (Å²) in [5.74, 6) is 1.87. The average Bonchev–Trinajstić information content (AvgIpc) is 3.30. The van der Waals surface area contributed by atoms with E-state index in [4.69, 9.17) is 6.57 Å². The van der Waals surface area contributed by atoms with Gasteiger partial charge in [0.2, 0.25) is 5.69 Å². The highest BCUT2D eigenvalue weighted by Gasteiger charge is 2.28. The third kappa shape index (κ3) is 3.10. The van der Waals surface area contributed by atoms with Crippen molar-refractivity contribution in [2.24, 2.45) is 0 Å². The number of fused-ring (bicyclic) bond motifs is 1.